The Morgan fingerprint density at radius 3 is 2.57 bits per heavy atom. The van der Waals surface area contributed by atoms with Crippen LogP contribution in [0.3, 0.4) is 0 Å². The number of nitrogens with two attached hydrogens (primary N) is 1. The Hall–Kier alpha value is -1.55. The molecule has 0 unspecified atom stereocenters. The van der Waals surface area contributed by atoms with E-state index in [0.717, 1.165) is 5.56 Å². The fourth-order valence-electron chi connectivity index (χ4n) is 1.27. The molecule has 1 amide bonds. The van der Waals surface area contributed by atoms with Crippen molar-refractivity contribution in [1.82, 2.24) is 5.32 Å². The van der Waals surface area contributed by atoms with Gasteiger partial charge < -0.3 is 16.2 Å². The number of hydrogen-bond donors (Lipinski definition) is 3. The number of amides is 1. The molecule has 4 heteroatoms. The Bertz CT molecular complexity index is 287. The SMILES string of the molecule is NC[C@H](Cc1ccccc1)NC(=O)O. The van der Waals surface area contributed by atoms with Crippen LogP contribution in [-0.4, -0.2) is 23.8 Å². The largest absolute Gasteiger partial charge is 0.465 e. The molecule has 0 bridgehead atoms. The highest BCUT2D eigenvalue weighted by atomic mass is 16.4. The summed E-state index contributed by atoms with van der Waals surface area (Å²) in [5.74, 6) is 0. The maximum atomic E-state index is 10.4. The highest BCUT2D eigenvalue weighted by molar-refractivity contribution is 5.64. The average molecular weight is 194 g/mol. The van der Waals surface area contributed by atoms with E-state index in [0.29, 0.717) is 13.0 Å². The lowest BCUT2D eigenvalue weighted by atomic mass is 10.1. The minimum absolute atomic E-state index is 0.213. The van der Waals surface area contributed by atoms with Gasteiger partial charge in [-0.25, -0.2) is 4.79 Å². The number of hydrogen-bond acceptors (Lipinski definition) is 2. The zero-order valence-corrected chi connectivity index (χ0v) is 7.81. The molecule has 0 heterocycles. The summed E-state index contributed by atoms with van der Waals surface area (Å²) in [6.07, 6.45) is -0.403. The van der Waals surface area contributed by atoms with Gasteiger partial charge in [-0.2, -0.15) is 0 Å². The molecule has 0 spiro atoms. The zero-order chi connectivity index (χ0) is 10.4. The van der Waals surface area contributed by atoms with E-state index >= 15 is 0 Å². The average Bonchev–Trinajstić information content (AvgIpc) is 2.17. The van der Waals surface area contributed by atoms with Gasteiger partial charge in [0.15, 0.2) is 0 Å². The lowest BCUT2D eigenvalue weighted by Crippen LogP contribution is -2.40. The van der Waals surface area contributed by atoms with Crippen LogP contribution >= 0.6 is 0 Å². The van der Waals surface area contributed by atoms with Crippen molar-refractivity contribution in [1.29, 1.82) is 0 Å². The normalized spacial score (nSPS) is 12.1. The minimum Gasteiger partial charge on any atom is -0.465 e. The van der Waals surface area contributed by atoms with Crippen molar-refractivity contribution in [2.24, 2.45) is 5.73 Å². The maximum Gasteiger partial charge on any atom is 0.404 e. The summed E-state index contributed by atoms with van der Waals surface area (Å²) in [5.41, 5.74) is 6.52. The molecule has 1 aromatic carbocycles. The van der Waals surface area contributed by atoms with Crippen LogP contribution in [0.1, 0.15) is 5.56 Å². The number of carbonyl (C=O) groups is 1. The van der Waals surface area contributed by atoms with Gasteiger partial charge in [-0.05, 0) is 12.0 Å². The first-order chi connectivity index (χ1) is 6.72. The standard InChI is InChI=1S/C10H14N2O2/c11-7-9(12-10(13)14)6-8-4-2-1-3-5-8/h1-5,9,12H,6-7,11H2,(H,13,14)/t9-/m0/s1. The van der Waals surface area contributed by atoms with Gasteiger partial charge in [-0.15, -0.1) is 0 Å². The fourth-order valence-corrected chi connectivity index (χ4v) is 1.27. The van der Waals surface area contributed by atoms with Crippen molar-refractivity contribution in [2.45, 2.75) is 12.5 Å². The first kappa shape index (κ1) is 10.5. The third-order valence-electron chi connectivity index (χ3n) is 1.94. The second-order valence-electron chi connectivity index (χ2n) is 3.07. The van der Waals surface area contributed by atoms with E-state index in [-0.39, 0.29) is 6.04 Å². The number of benzene rings is 1. The monoisotopic (exact) mass is 194 g/mol. The van der Waals surface area contributed by atoms with Gasteiger partial charge in [-0.3, -0.25) is 0 Å². The first-order valence-corrected chi connectivity index (χ1v) is 4.46. The van der Waals surface area contributed by atoms with Gasteiger partial charge in [-0.1, -0.05) is 30.3 Å². The molecular formula is C10H14N2O2. The van der Waals surface area contributed by atoms with Crippen molar-refractivity contribution in [3.05, 3.63) is 35.9 Å². The van der Waals surface area contributed by atoms with Gasteiger partial charge in [0, 0.05) is 12.6 Å². The number of carboxylic acid groups (broad SMARTS) is 1. The lowest BCUT2D eigenvalue weighted by Gasteiger charge is -2.14. The second-order valence-corrected chi connectivity index (χ2v) is 3.07. The second kappa shape index (κ2) is 5.24. The van der Waals surface area contributed by atoms with Gasteiger partial charge in [0.1, 0.15) is 0 Å². The number of rotatable bonds is 4. The summed E-state index contributed by atoms with van der Waals surface area (Å²) in [7, 11) is 0. The van der Waals surface area contributed by atoms with Gasteiger partial charge in [0.05, 0.1) is 0 Å². The predicted molar refractivity (Wildman–Crippen MR) is 54.1 cm³/mol. The molecule has 0 aliphatic carbocycles. The van der Waals surface area contributed by atoms with Crippen LogP contribution in [0.4, 0.5) is 4.79 Å². The molecular weight excluding hydrogens is 180 g/mol. The summed E-state index contributed by atoms with van der Waals surface area (Å²) in [4.78, 5) is 10.4. The smallest absolute Gasteiger partial charge is 0.404 e. The quantitative estimate of drug-likeness (QED) is 0.664. The molecule has 0 fully saturated rings. The van der Waals surface area contributed by atoms with Gasteiger partial charge in [0.2, 0.25) is 0 Å². The van der Waals surface area contributed by atoms with E-state index < -0.39 is 6.09 Å². The Morgan fingerprint density at radius 1 is 1.43 bits per heavy atom. The Balaban J connectivity index is 2.53. The Morgan fingerprint density at radius 2 is 2.07 bits per heavy atom. The van der Waals surface area contributed by atoms with Crippen molar-refractivity contribution >= 4 is 6.09 Å². The van der Waals surface area contributed by atoms with Crippen LogP contribution in [0.15, 0.2) is 30.3 Å². The summed E-state index contributed by atoms with van der Waals surface area (Å²) >= 11 is 0. The van der Waals surface area contributed by atoms with Crippen LogP contribution in [-0.2, 0) is 6.42 Å². The third-order valence-corrected chi connectivity index (χ3v) is 1.94. The molecule has 14 heavy (non-hydrogen) atoms. The van der Waals surface area contributed by atoms with E-state index in [2.05, 4.69) is 5.32 Å². The molecule has 4 nitrogen and oxygen atoms in total. The van der Waals surface area contributed by atoms with Crippen LogP contribution in [0.5, 0.6) is 0 Å². The summed E-state index contributed by atoms with van der Waals surface area (Å²) in [6, 6.07) is 9.45. The van der Waals surface area contributed by atoms with Gasteiger partial charge in [0.25, 0.3) is 0 Å². The third kappa shape index (κ3) is 3.45. The summed E-state index contributed by atoms with van der Waals surface area (Å²) in [5, 5.41) is 10.9. The summed E-state index contributed by atoms with van der Waals surface area (Å²) in [6.45, 7) is 0.307. The molecule has 0 aromatic heterocycles. The van der Waals surface area contributed by atoms with Gasteiger partial charge >= 0.3 is 6.09 Å². The zero-order valence-electron chi connectivity index (χ0n) is 7.81. The fraction of sp³-hybridized carbons (Fsp3) is 0.300. The van der Waals surface area contributed by atoms with Crippen molar-refractivity contribution in [3.63, 3.8) is 0 Å². The highest BCUT2D eigenvalue weighted by Gasteiger charge is 2.09. The predicted octanol–water partition coefficient (Wildman–Crippen LogP) is 0.824. The first-order valence-electron chi connectivity index (χ1n) is 4.46. The van der Waals surface area contributed by atoms with E-state index in [4.69, 9.17) is 10.8 Å². The van der Waals surface area contributed by atoms with Crippen LogP contribution in [0.25, 0.3) is 0 Å². The molecule has 4 N–H and O–H groups in total. The highest BCUT2D eigenvalue weighted by Crippen LogP contribution is 2.02. The van der Waals surface area contributed by atoms with Crippen molar-refractivity contribution in [3.8, 4) is 0 Å². The molecule has 76 valence electrons. The minimum atomic E-state index is -1.03. The molecule has 0 saturated heterocycles. The molecule has 0 radical (unpaired) electrons. The lowest BCUT2D eigenvalue weighted by molar-refractivity contribution is 0.190. The molecule has 1 atom stereocenters. The Kier molecular flexibility index (Phi) is 3.94. The van der Waals surface area contributed by atoms with Crippen molar-refractivity contribution < 1.29 is 9.90 Å². The molecule has 1 aromatic rings. The number of nitrogens with one attached hydrogen (secondary N) is 1. The van der Waals surface area contributed by atoms with Crippen molar-refractivity contribution in [2.75, 3.05) is 6.54 Å². The van der Waals surface area contributed by atoms with E-state index in [1.54, 1.807) is 0 Å². The Labute approximate surface area is 82.7 Å². The van der Waals surface area contributed by atoms with E-state index in [9.17, 15) is 4.79 Å². The molecule has 0 saturated carbocycles. The molecule has 1 rings (SSSR count). The topological polar surface area (TPSA) is 75.3 Å². The maximum absolute atomic E-state index is 10.4. The molecule has 0 aliphatic heterocycles. The van der Waals surface area contributed by atoms with Crippen LogP contribution in [0, 0.1) is 0 Å². The molecule has 0 aliphatic rings. The van der Waals surface area contributed by atoms with Crippen LogP contribution < -0.4 is 11.1 Å². The van der Waals surface area contributed by atoms with Crippen LogP contribution in [0.2, 0.25) is 0 Å². The summed E-state index contributed by atoms with van der Waals surface area (Å²) < 4.78 is 0. The van der Waals surface area contributed by atoms with E-state index in [1.165, 1.54) is 0 Å². The van der Waals surface area contributed by atoms with E-state index in [1.807, 2.05) is 30.3 Å².